The van der Waals surface area contributed by atoms with Gasteiger partial charge in [0, 0.05) is 12.1 Å². The molecule has 2 fully saturated rings. The first-order valence-electron chi connectivity index (χ1n) is 8.35. The average molecular weight is 287 g/mol. The first-order chi connectivity index (χ1) is 9.79. The lowest BCUT2D eigenvalue weighted by atomic mass is 9.72. The molecule has 0 saturated carbocycles. The summed E-state index contributed by atoms with van der Waals surface area (Å²) in [7, 11) is 2.24. The molecule has 2 aliphatic rings. The highest BCUT2D eigenvalue weighted by molar-refractivity contribution is 5.33. The minimum absolute atomic E-state index is 0.133. The van der Waals surface area contributed by atoms with Crippen LogP contribution in [0, 0.1) is 0 Å². The number of aliphatic hydroxyl groups is 1. The summed E-state index contributed by atoms with van der Waals surface area (Å²) in [6.45, 7) is 6.71. The zero-order valence-electron chi connectivity index (χ0n) is 13.9. The Balaban J connectivity index is 1.93. The SMILES string of the molecule is CN1C2CCCC1CC(O)(c1cccc(C(C)(C)C)c1)C2. The van der Waals surface area contributed by atoms with Gasteiger partial charge in [-0.05, 0) is 49.3 Å². The fourth-order valence-corrected chi connectivity index (χ4v) is 4.16. The predicted octanol–water partition coefficient (Wildman–Crippen LogP) is 3.82. The molecule has 1 aromatic carbocycles. The van der Waals surface area contributed by atoms with Gasteiger partial charge >= 0.3 is 0 Å². The van der Waals surface area contributed by atoms with Crippen molar-refractivity contribution in [2.24, 2.45) is 0 Å². The van der Waals surface area contributed by atoms with Gasteiger partial charge in [-0.15, -0.1) is 0 Å². The molecule has 2 heterocycles. The Hall–Kier alpha value is -0.860. The molecule has 116 valence electrons. The summed E-state index contributed by atoms with van der Waals surface area (Å²) in [6.07, 6.45) is 5.54. The molecule has 0 aromatic heterocycles. The van der Waals surface area contributed by atoms with Crippen LogP contribution in [0.25, 0.3) is 0 Å². The molecule has 0 amide bonds. The molecule has 2 bridgehead atoms. The van der Waals surface area contributed by atoms with Crippen LogP contribution in [-0.4, -0.2) is 29.1 Å². The van der Waals surface area contributed by atoms with E-state index in [9.17, 15) is 5.11 Å². The molecule has 2 unspecified atom stereocenters. The molecule has 2 nitrogen and oxygen atoms in total. The van der Waals surface area contributed by atoms with Gasteiger partial charge in [0.05, 0.1) is 5.60 Å². The maximum atomic E-state index is 11.3. The van der Waals surface area contributed by atoms with Crippen molar-refractivity contribution in [2.75, 3.05) is 7.05 Å². The largest absolute Gasteiger partial charge is 0.385 e. The summed E-state index contributed by atoms with van der Waals surface area (Å²) in [5.41, 5.74) is 1.94. The summed E-state index contributed by atoms with van der Waals surface area (Å²) in [5, 5.41) is 11.3. The van der Waals surface area contributed by atoms with Crippen molar-refractivity contribution >= 4 is 0 Å². The van der Waals surface area contributed by atoms with Gasteiger partial charge in [0.2, 0.25) is 0 Å². The Labute approximate surface area is 129 Å². The van der Waals surface area contributed by atoms with E-state index >= 15 is 0 Å². The van der Waals surface area contributed by atoms with Crippen LogP contribution in [0.5, 0.6) is 0 Å². The van der Waals surface area contributed by atoms with Crippen molar-refractivity contribution < 1.29 is 5.11 Å². The van der Waals surface area contributed by atoms with Crippen LogP contribution >= 0.6 is 0 Å². The van der Waals surface area contributed by atoms with E-state index in [2.05, 4.69) is 57.0 Å². The van der Waals surface area contributed by atoms with E-state index in [-0.39, 0.29) is 5.41 Å². The zero-order valence-corrected chi connectivity index (χ0v) is 13.9. The Morgan fingerprint density at radius 3 is 2.33 bits per heavy atom. The number of hydrogen-bond acceptors (Lipinski definition) is 2. The van der Waals surface area contributed by atoms with E-state index in [1.807, 2.05) is 0 Å². The molecule has 0 spiro atoms. The Kier molecular flexibility index (Phi) is 3.66. The van der Waals surface area contributed by atoms with Crippen LogP contribution in [0.3, 0.4) is 0 Å². The monoisotopic (exact) mass is 287 g/mol. The summed E-state index contributed by atoms with van der Waals surface area (Å²) >= 11 is 0. The van der Waals surface area contributed by atoms with E-state index in [4.69, 9.17) is 0 Å². The lowest BCUT2D eigenvalue weighted by Gasteiger charge is -2.51. The molecule has 0 radical (unpaired) electrons. The number of rotatable bonds is 1. The standard InChI is InChI=1S/C19H29NO/c1-18(2,3)14-7-5-8-15(11-14)19(21)12-16-9-6-10-17(13-19)20(16)4/h5,7-8,11,16-17,21H,6,9-10,12-13H2,1-4H3. The molecule has 1 N–H and O–H groups in total. The van der Waals surface area contributed by atoms with Gasteiger partial charge in [-0.2, -0.15) is 0 Å². The van der Waals surface area contributed by atoms with Gasteiger partial charge in [-0.1, -0.05) is 51.5 Å². The molecule has 2 aliphatic heterocycles. The maximum absolute atomic E-state index is 11.3. The molecule has 2 atom stereocenters. The fourth-order valence-electron chi connectivity index (χ4n) is 4.16. The fraction of sp³-hybridized carbons (Fsp3) is 0.684. The summed E-state index contributed by atoms with van der Waals surface area (Å²) in [5.74, 6) is 0. The van der Waals surface area contributed by atoms with Crippen molar-refractivity contribution in [1.82, 2.24) is 4.90 Å². The molecule has 3 rings (SSSR count). The van der Waals surface area contributed by atoms with Gasteiger partial charge in [-0.25, -0.2) is 0 Å². The lowest BCUT2D eigenvalue weighted by Crippen LogP contribution is -2.55. The number of fused-ring (bicyclic) bond motifs is 2. The van der Waals surface area contributed by atoms with Crippen LogP contribution in [0.4, 0.5) is 0 Å². The Morgan fingerprint density at radius 2 is 1.76 bits per heavy atom. The first kappa shape index (κ1) is 15.1. The van der Waals surface area contributed by atoms with Gasteiger partial charge in [0.1, 0.15) is 0 Å². The molecule has 1 aromatic rings. The third kappa shape index (κ3) is 2.76. The van der Waals surface area contributed by atoms with Crippen molar-refractivity contribution in [3.63, 3.8) is 0 Å². The zero-order chi connectivity index (χ0) is 15.3. The second-order valence-corrected chi connectivity index (χ2v) is 8.17. The second kappa shape index (κ2) is 5.10. The van der Waals surface area contributed by atoms with Gasteiger partial charge in [0.15, 0.2) is 0 Å². The first-order valence-corrected chi connectivity index (χ1v) is 8.35. The van der Waals surface area contributed by atoms with Crippen LogP contribution in [0.2, 0.25) is 0 Å². The average Bonchev–Trinajstić information content (AvgIpc) is 2.40. The van der Waals surface area contributed by atoms with Gasteiger partial charge < -0.3 is 10.0 Å². The highest BCUT2D eigenvalue weighted by atomic mass is 16.3. The minimum atomic E-state index is -0.635. The van der Waals surface area contributed by atoms with E-state index in [0.29, 0.717) is 12.1 Å². The van der Waals surface area contributed by atoms with Crippen LogP contribution in [0.15, 0.2) is 24.3 Å². The summed E-state index contributed by atoms with van der Waals surface area (Å²) in [6, 6.07) is 9.74. The number of hydrogen-bond donors (Lipinski definition) is 1. The van der Waals surface area contributed by atoms with E-state index in [1.165, 1.54) is 24.8 Å². The van der Waals surface area contributed by atoms with Crippen molar-refractivity contribution in [1.29, 1.82) is 0 Å². The van der Waals surface area contributed by atoms with E-state index in [1.54, 1.807) is 0 Å². The molecule has 2 saturated heterocycles. The molecular weight excluding hydrogens is 258 g/mol. The second-order valence-electron chi connectivity index (χ2n) is 8.17. The van der Waals surface area contributed by atoms with E-state index in [0.717, 1.165) is 18.4 Å². The minimum Gasteiger partial charge on any atom is -0.385 e. The smallest absolute Gasteiger partial charge is 0.0926 e. The Bertz CT molecular complexity index is 503. The summed E-state index contributed by atoms with van der Waals surface area (Å²) in [4.78, 5) is 2.51. The topological polar surface area (TPSA) is 23.5 Å². The maximum Gasteiger partial charge on any atom is 0.0926 e. The number of nitrogens with zero attached hydrogens (tertiary/aromatic N) is 1. The third-order valence-electron chi connectivity index (χ3n) is 5.64. The summed E-state index contributed by atoms with van der Waals surface area (Å²) < 4.78 is 0. The van der Waals surface area contributed by atoms with Crippen LogP contribution < -0.4 is 0 Å². The molecular formula is C19H29NO. The predicted molar refractivity (Wildman–Crippen MR) is 87.5 cm³/mol. The highest BCUT2D eigenvalue weighted by Gasteiger charge is 2.44. The number of piperidine rings is 2. The van der Waals surface area contributed by atoms with Crippen LogP contribution in [0.1, 0.15) is 64.0 Å². The quantitative estimate of drug-likeness (QED) is 0.849. The third-order valence-corrected chi connectivity index (χ3v) is 5.64. The van der Waals surface area contributed by atoms with Gasteiger partial charge in [-0.3, -0.25) is 0 Å². The van der Waals surface area contributed by atoms with Crippen molar-refractivity contribution in [3.8, 4) is 0 Å². The van der Waals surface area contributed by atoms with Crippen LogP contribution in [-0.2, 0) is 11.0 Å². The molecule has 0 aliphatic carbocycles. The van der Waals surface area contributed by atoms with Gasteiger partial charge in [0.25, 0.3) is 0 Å². The highest BCUT2D eigenvalue weighted by Crippen LogP contribution is 2.44. The number of benzene rings is 1. The van der Waals surface area contributed by atoms with Crippen molar-refractivity contribution in [2.45, 2.75) is 76.0 Å². The normalized spacial score (nSPS) is 34.0. The Morgan fingerprint density at radius 1 is 1.14 bits per heavy atom. The molecule has 2 heteroatoms. The lowest BCUT2D eigenvalue weighted by molar-refractivity contribution is -0.0875. The van der Waals surface area contributed by atoms with Crippen molar-refractivity contribution in [3.05, 3.63) is 35.4 Å². The molecule has 21 heavy (non-hydrogen) atoms. The van der Waals surface area contributed by atoms with E-state index < -0.39 is 5.60 Å².